The van der Waals surface area contributed by atoms with E-state index in [2.05, 4.69) is 37.8 Å². The molecule has 0 saturated carbocycles. The van der Waals surface area contributed by atoms with E-state index in [4.69, 9.17) is 14.2 Å². The van der Waals surface area contributed by atoms with Crippen LogP contribution in [0.25, 0.3) is 28.2 Å². The van der Waals surface area contributed by atoms with Crippen LogP contribution in [0.1, 0.15) is 63.7 Å². The highest BCUT2D eigenvalue weighted by Gasteiger charge is 2.20. The number of aryl methyl sites for hydroxylation is 2. The third-order valence-corrected chi connectivity index (χ3v) is 7.15. The van der Waals surface area contributed by atoms with E-state index in [-0.39, 0.29) is 11.0 Å². The first-order valence-corrected chi connectivity index (χ1v) is 14.8. The van der Waals surface area contributed by atoms with Gasteiger partial charge in [-0.1, -0.05) is 88.7 Å². The molecule has 0 aliphatic heterocycles. The fourth-order valence-electron chi connectivity index (χ4n) is 5.08. The van der Waals surface area contributed by atoms with Gasteiger partial charge in [-0.05, 0) is 58.9 Å². The third-order valence-electron chi connectivity index (χ3n) is 7.15. The van der Waals surface area contributed by atoms with Crippen LogP contribution in [0, 0.1) is 5.41 Å². The second kappa shape index (κ2) is 12.7. The Hall–Kier alpha value is -4.72. The Morgan fingerprint density at radius 2 is 1.67 bits per heavy atom. The van der Waals surface area contributed by atoms with Crippen LogP contribution in [-0.2, 0) is 19.3 Å². The SMILES string of the molecule is CCCc1nc(CC)n(-c2ccc(OCC(C)(C)C)cc2)c(=O)c1Cc1ccc(-c2ccccc2)c(-c2noc(=O)[nH]2)c1. The maximum atomic E-state index is 14.3. The molecular formula is C35H38N4O4. The highest BCUT2D eigenvalue weighted by molar-refractivity contribution is 5.81. The van der Waals surface area contributed by atoms with Crippen molar-refractivity contribution in [2.75, 3.05) is 6.61 Å². The summed E-state index contributed by atoms with van der Waals surface area (Å²) in [6, 6.07) is 23.5. The Kier molecular flexibility index (Phi) is 8.76. The lowest BCUT2D eigenvalue weighted by Gasteiger charge is -2.20. The van der Waals surface area contributed by atoms with Crippen molar-refractivity contribution < 1.29 is 9.26 Å². The molecule has 3 aromatic carbocycles. The number of benzene rings is 3. The second-order valence-corrected chi connectivity index (χ2v) is 11.9. The summed E-state index contributed by atoms with van der Waals surface area (Å²) in [5.41, 5.74) is 5.67. The van der Waals surface area contributed by atoms with E-state index >= 15 is 0 Å². The van der Waals surface area contributed by atoms with Gasteiger partial charge >= 0.3 is 5.76 Å². The maximum absolute atomic E-state index is 14.3. The Bertz CT molecular complexity index is 1810. The summed E-state index contributed by atoms with van der Waals surface area (Å²) >= 11 is 0. The van der Waals surface area contributed by atoms with Gasteiger partial charge in [-0.2, -0.15) is 0 Å². The molecule has 0 saturated heterocycles. The van der Waals surface area contributed by atoms with E-state index in [0.717, 1.165) is 51.6 Å². The van der Waals surface area contributed by atoms with Crippen LogP contribution < -0.4 is 16.1 Å². The lowest BCUT2D eigenvalue weighted by molar-refractivity contribution is 0.198. The lowest BCUT2D eigenvalue weighted by Crippen LogP contribution is -2.29. The van der Waals surface area contributed by atoms with Gasteiger partial charge in [0.2, 0.25) is 0 Å². The normalized spacial score (nSPS) is 11.6. The molecule has 5 rings (SSSR count). The van der Waals surface area contributed by atoms with Gasteiger partial charge in [0.25, 0.3) is 5.56 Å². The standard InChI is InChI=1S/C35H38N4O4/c1-6-11-30-29(33(40)39(31(7-2)36-30)25-15-17-26(18-16-25)42-22-35(3,4)5)21-23-14-19-27(24-12-9-8-10-13-24)28(20-23)32-37-34(41)43-38-32/h8-10,12-20H,6-7,11,21-22H2,1-5H3,(H,37,38,41). The minimum atomic E-state index is -0.623. The van der Waals surface area contributed by atoms with Crippen LogP contribution in [0.15, 0.2) is 86.9 Å². The molecule has 222 valence electrons. The molecular weight excluding hydrogens is 540 g/mol. The van der Waals surface area contributed by atoms with Crippen molar-refractivity contribution in [3.63, 3.8) is 0 Å². The zero-order valence-corrected chi connectivity index (χ0v) is 25.4. The minimum absolute atomic E-state index is 0.0427. The van der Waals surface area contributed by atoms with Gasteiger partial charge in [0.1, 0.15) is 11.6 Å². The second-order valence-electron chi connectivity index (χ2n) is 11.9. The van der Waals surface area contributed by atoms with Crippen LogP contribution in [0.4, 0.5) is 0 Å². The summed E-state index contributed by atoms with van der Waals surface area (Å²) in [7, 11) is 0. The molecule has 0 unspecified atom stereocenters. The summed E-state index contributed by atoms with van der Waals surface area (Å²) in [4.78, 5) is 33.8. The van der Waals surface area contributed by atoms with Gasteiger partial charge in [0, 0.05) is 24.0 Å². The molecule has 8 heteroatoms. The van der Waals surface area contributed by atoms with Crippen LogP contribution in [-0.4, -0.2) is 26.3 Å². The molecule has 1 N–H and O–H groups in total. The number of nitrogens with zero attached hydrogens (tertiary/aromatic N) is 3. The van der Waals surface area contributed by atoms with E-state index in [0.29, 0.717) is 37.3 Å². The first kappa shape index (κ1) is 29.8. The summed E-state index contributed by atoms with van der Waals surface area (Å²) < 4.78 is 12.5. The number of rotatable bonds is 10. The molecule has 0 aliphatic carbocycles. The van der Waals surface area contributed by atoms with E-state index < -0.39 is 5.76 Å². The summed E-state index contributed by atoms with van der Waals surface area (Å²) in [5, 5.41) is 3.96. The van der Waals surface area contributed by atoms with Crippen molar-refractivity contribution in [2.45, 2.75) is 60.3 Å². The molecule has 8 nitrogen and oxygen atoms in total. The van der Waals surface area contributed by atoms with Gasteiger partial charge in [0.15, 0.2) is 5.82 Å². The Morgan fingerprint density at radius 3 is 2.30 bits per heavy atom. The highest BCUT2D eigenvalue weighted by Crippen LogP contribution is 2.31. The maximum Gasteiger partial charge on any atom is 0.439 e. The molecule has 0 fully saturated rings. The number of H-pyrrole nitrogens is 1. The first-order chi connectivity index (χ1) is 20.7. The minimum Gasteiger partial charge on any atom is -0.493 e. The Labute approximate surface area is 251 Å². The zero-order valence-electron chi connectivity index (χ0n) is 25.4. The Balaban J connectivity index is 1.58. The molecule has 5 aromatic rings. The fourth-order valence-corrected chi connectivity index (χ4v) is 5.08. The average molecular weight is 579 g/mol. The van der Waals surface area contributed by atoms with Crippen molar-refractivity contribution in [1.29, 1.82) is 0 Å². The van der Waals surface area contributed by atoms with Crippen LogP contribution in [0.3, 0.4) is 0 Å². The van der Waals surface area contributed by atoms with Crippen molar-refractivity contribution in [3.05, 3.63) is 116 Å². The van der Waals surface area contributed by atoms with Gasteiger partial charge in [-0.3, -0.25) is 18.9 Å². The largest absolute Gasteiger partial charge is 0.493 e. The number of hydrogen-bond donors (Lipinski definition) is 1. The van der Waals surface area contributed by atoms with Crippen molar-refractivity contribution in [1.82, 2.24) is 19.7 Å². The molecule has 2 heterocycles. The van der Waals surface area contributed by atoms with Gasteiger partial charge in [0.05, 0.1) is 18.0 Å². The van der Waals surface area contributed by atoms with Crippen LogP contribution in [0.2, 0.25) is 0 Å². The van der Waals surface area contributed by atoms with E-state index in [1.54, 1.807) is 4.57 Å². The number of nitrogens with one attached hydrogen (secondary N) is 1. The molecule has 43 heavy (non-hydrogen) atoms. The van der Waals surface area contributed by atoms with Crippen molar-refractivity contribution in [2.24, 2.45) is 5.41 Å². The summed E-state index contributed by atoms with van der Waals surface area (Å²) in [6.07, 6.45) is 2.56. The van der Waals surface area contributed by atoms with E-state index in [9.17, 15) is 9.59 Å². The topological polar surface area (TPSA) is 103 Å². The zero-order chi connectivity index (χ0) is 30.6. The molecule has 0 spiro atoms. The first-order valence-electron chi connectivity index (χ1n) is 14.8. The fraction of sp³-hybridized carbons (Fsp3) is 0.314. The monoisotopic (exact) mass is 578 g/mol. The van der Waals surface area contributed by atoms with Crippen molar-refractivity contribution >= 4 is 0 Å². The average Bonchev–Trinajstić information content (AvgIpc) is 3.44. The van der Waals surface area contributed by atoms with E-state index in [1.165, 1.54) is 0 Å². The predicted molar refractivity (Wildman–Crippen MR) is 169 cm³/mol. The number of hydrogen-bond acceptors (Lipinski definition) is 6. The number of aromatic amines is 1. The van der Waals surface area contributed by atoms with Gasteiger partial charge in [-0.25, -0.2) is 9.78 Å². The molecule has 0 amide bonds. The quantitative estimate of drug-likeness (QED) is 0.196. The summed E-state index contributed by atoms with van der Waals surface area (Å²) in [5.74, 6) is 1.20. The molecule has 2 aromatic heterocycles. The lowest BCUT2D eigenvalue weighted by atomic mass is 9.94. The van der Waals surface area contributed by atoms with Gasteiger partial charge in [-0.15, -0.1) is 0 Å². The smallest absolute Gasteiger partial charge is 0.439 e. The summed E-state index contributed by atoms with van der Waals surface area (Å²) in [6.45, 7) is 11.1. The third kappa shape index (κ3) is 6.85. The van der Waals surface area contributed by atoms with Crippen molar-refractivity contribution in [3.8, 4) is 34.0 Å². The van der Waals surface area contributed by atoms with E-state index in [1.807, 2.05) is 79.7 Å². The Morgan fingerprint density at radius 1 is 0.930 bits per heavy atom. The molecule has 0 radical (unpaired) electrons. The number of ether oxygens (including phenoxy) is 1. The molecule has 0 bridgehead atoms. The van der Waals surface area contributed by atoms with Gasteiger partial charge < -0.3 is 4.74 Å². The predicted octanol–water partition coefficient (Wildman–Crippen LogP) is 6.77. The van der Waals surface area contributed by atoms with Crippen LogP contribution in [0.5, 0.6) is 5.75 Å². The highest BCUT2D eigenvalue weighted by atomic mass is 16.5. The molecule has 0 atom stereocenters. The van der Waals surface area contributed by atoms with Crippen LogP contribution >= 0.6 is 0 Å². The molecule has 0 aliphatic rings. The number of aromatic nitrogens is 4.